The minimum absolute atomic E-state index is 0.0895. The van der Waals surface area contributed by atoms with Crippen LogP contribution in [0.1, 0.15) is 31.8 Å². The quantitative estimate of drug-likeness (QED) is 0.909. The number of ether oxygens (including phenoxy) is 2. The van der Waals surface area contributed by atoms with Gasteiger partial charge in [0.05, 0.1) is 12.7 Å². The maximum Gasteiger partial charge on any atom is 0.256 e. The van der Waals surface area contributed by atoms with Crippen molar-refractivity contribution < 1.29 is 14.0 Å². The standard InChI is InChI=1S/C15H19N3O3/c1-2-19-11-5-3-4-10(8-11)14-17-15(21-18-14)13-7-6-12(9-16)20-13/h3-5,8,12-13H,2,6-7,9,16H2,1H3. The van der Waals surface area contributed by atoms with Gasteiger partial charge in [-0.05, 0) is 31.9 Å². The number of aromatic nitrogens is 2. The van der Waals surface area contributed by atoms with Gasteiger partial charge in [0.15, 0.2) is 0 Å². The SMILES string of the molecule is CCOc1cccc(-c2noc(C3CCC(CN)O3)n2)c1. The zero-order valence-electron chi connectivity index (χ0n) is 12.0. The highest BCUT2D eigenvalue weighted by molar-refractivity contribution is 5.56. The molecule has 21 heavy (non-hydrogen) atoms. The van der Waals surface area contributed by atoms with Crippen molar-refractivity contribution in [3.05, 3.63) is 30.2 Å². The normalized spacial score (nSPS) is 21.6. The first-order chi connectivity index (χ1) is 10.3. The van der Waals surface area contributed by atoms with Crippen LogP contribution in [0, 0.1) is 0 Å². The molecule has 6 heteroatoms. The van der Waals surface area contributed by atoms with Crippen LogP contribution in [0.15, 0.2) is 28.8 Å². The van der Waals surface area contributed by atoms with E-state index >= 15 is 0 Å². The summed E-state index contributed by atoms with van der Waals surface area (Å²) in [4.78, 5) is 4.43. The molecule has 0 spiro atoms. The first-order valence-electron chi connectivity index (χ1n) is 7.22. The van der Waals surface area contributed by atoms with Gasteiger partial charge >= 0.3 is 0 Å². The molecule has 1 aliphatic heterocycles. The van der Waals surface area contributed by atoms with Crippen molar-refractivity contribution in [3.8, 4) is 17.1 Å². The van der Waals surface area contributed by atoms with Crippen molar-refractivity contribution in [2.45, 2.75) is 32.0 Å². The van der Waals surface area contributed by atoms with Crippen LogP contribution in [0.25, 0.3) is 11.4 Å². The van der Waals surface area contributed by atoms with Gasteiger partial charge in [0.25, 0.3) is 5.89 Å². The Morgan fingerprint density at radius 3 is 3.05 bits per heavy atom. The summed E-state index contributed by atoms with van der Waals surface area (Å²) in [5.41, 5.74) is 6.48. The summed E-state index contributed by atoms with van der Waals surface area (Å²) in [5, 5.41) is 4.03. The lowest BCUT2D eigenvalue weighted by Gasteiger charge is -2.07. The number of benzene rings is 1. The van der Waals surface area contributed by atoms with Crippen LogP contribution in [0.2, 0.25) is 0 Å². The van der Waals surface area contributed by atoms with Crippen LogP contribution >= 0.6 is 0 Å². The molecule has 0 amide bonds. The van der Waals surface area contributed by atoms with Crippen LogP contribution in [0.5, 0.6) is 5.75 Å². The largest absolute Gasteiger partial charge is 0.494 e. The van der Waals surface area contributed by atoms with Gasteiger partial charge in [-0.25, -0.2) is 0 Å². The molecule has 1 saturated heterocycles. The zero-order chi connectivity index (χ0) is 14.7. The second-order valence-electron chi connectivity index (χ2n) is 4.98. The Bertz CT molecular complexity index is 599. The lowest BCUT2D eigenvalue weighted by molar-refractivity contribution is 0.0307. The zero-order valence-corrected chi connectivity index (χ0v) is 12.0. The summed E-state index contributed by atoms with van der Waals surface area (Å²) >= 11 is 0. The first-order valence-corrected chi connectivity index (χ1v) is 7.22. The first kappa shape index (κ1) is 14.0. The fourth-order valence-corrected chi connectivity index (χ4v) is 2.44. The van der Waals surface area contributed by atoms with Gasteiger partial charge in [-0.15, -0.1) is 0 Å². The maximum absolute atomic E-state index is 5.76. The summed E-state index contributed by atoms with van der Waals surface area (Å²) < 4.78 is 16.6. The molecule has 112 valence electrons. The molecule has 2 aromatic rings. The van der Waals surface area contributed by atoms with Gasteiger partial charge in [-0.2, -0.15) is 4.98 Å². The Kier molecular flexibility index (Phi) is 4.17. The van der Waals surface area contributed by atoms with E-state index in [0.717, 1.165) is 24.2 Å². The third-order valence-corrected chi connectivity index (χ3v) is 3.49. The topological polar surface area (TPSA) is 83.4 Å². The number of hydrogen-bond donors (Lipinski definition) is 1. The molecule has 1 aromatic carbocycles. The average Bonchev–Trinajstić information content (AvgIpc) is 3.17. The lowest BCUT2D eigenvalue weighted by atomic mass is 10.2. The fraction of sp³-hybridized carbons (Fsp3) is 0.467. The highest BCUT2D eigenvalue weighted by Crippen LogP contribution is 2.32. The molecule has 6 nitrogen and oxygen atoms in total. The summed E-state index contributed by atoms with van der Waals surface area (Å²) in [6, 6.07) is 7.64. The van der Waals surface area contributed by atoms with Crippen LogP contribution in [0.4, 0.5) is 0 Å². The van der Waals surface area contributed by atoms with E-state index < -0.39 is 0 Å². The Balaban J connectivity index is 1.77. The predicted molar refractivity (Wildman–Crippen MR) is 76.8 cm³/mol. The fourth-order valence-electron chi connectivity index (χ4n) is 2.44. The van der Waals surface area contributed by atoms with Crippen LogP contribution in [-0.4, -0.2) is 29.4 Å². The second-order valence-corrected chi connectivity index (χ2v) is 4.98. The van der Waals surface area contributed by atoms with E-state index in [1.165, 1.54) is 0 Å². The van der Waals surface area contributed by atoms with Crippen LogP contribution in [-0.2, 0) is 4.74 Å². The Morgan fingerprint density at radius 2 is 2.29 bits per heavy atom. The van der Waals surface area contributed by atoms with Gasteiger partial charge in [-0.3, -0.25) is 0 Å². The maximum atomic E-state index is 5.76. The highest BCUT2D eigenvalue weighted by Gasteiger charge is 2.30. The molecule has 1 aliphatic rings. The minimum Gasteiger partial charge on any atom is -0.494 e. The molecule has 1 aromatic heterocycles. The molecule has 1 fully saturated rings. The van der Waals surface area contributed by atoms with Crippen molar-refractivity contribution in [2.75, 3.05) is 13.2 Å². The van der Waals surface area contributed by atoms with E-state index in [0.29, 0.717) is 24.9 Å². The molecule has 0 bridgehead atoms. The van der Waals surface area contributed by atoms with E-state index in [1.807, 2.05) is 31.2 Å². The summed E-state index contributed by atoms with van der Waals surface area (Å²) in [5.74, 6) is 1.86. The summed E-state index contributed by atoms with van der Waals surface area (Å²) in [6.07, 6.45) is 1.74. The number of nitrogens with two attached hydrogens (primary N) is 1. The molecule has 3 rings (SSSR count). The van der Waals surface area contributed by atoms with E-state index in [-0.39, 0.29) is 12.2 Å². The van der Waals surface area contributed by atoms with Crippen LogP contribution in [0.3, 0.4) is 0 Å². The van der Waals surface area contributed by atoms with Gasteiger partial charge in [-0.1, -0.05) is 17.3 Å². The molecule has 0 aliphatic carbocycles. The molecule has 2 unspecified atom stereocenters. The molecule has 2 heterocycles. The van der Waals surface area contributed by atoms with E-state index in [1.54, 1.807) is 0 Å². The van der Waals surface area contributed by atoms with E-state index in [9.17, 15) is 0 Å². The van der Waals surface area contributed by atoms with Crippen molar-refractivity contribution >= 4 is 0 Å². The number of rotatable bonds is 5. The smallest absolute Gasteiger partial charge is 0.256 e. The number of nitrogens with zero attached hydrogens (tertiary/aromatic N) is 2. The molecule has 2 N–H and O–H groups in total. The predicted octanol–water partition coefficient (Wildman–Crippen LogP) is 2.31. The summed E-state index contributed by atoms with van der Waals surface area (Å²) in [6.45, 7) is 3.09. The molecular weight excluding hydrogens is 270 g/mol. The van der Waals surface area contributed by atoms with Crippen molar-refractivity contribution in [1.29, 1.82) is 0 Å². The molecule has 0 radical (unpaired) electrons. The number of hydrogen-bond acceptors (Lipinski definition) is 6. The van der Waals surface area contributed by atoms with E-state index in [4.69, 9.17) is 19.7 Å². The second kappa shape index (κ2) is 6.24. The van der Waals surface area contributed by atoms with Crippen molar-refractivity contribution in [1.82, 2.24) is 10.1 Å². The Morgan fingerprint density at radius 1 is 1.38 bits per heavy atom. The summed E-state index contributed by atoms with van der Waals surface area (Å²) in [7, 11) is 0. The molecular formula is C15H19N3O3. The Hall–Kier alpha value is -1.92. The van der Waals surface area contributed by atoms with Gasteiger partial charge in [0.1, 0.15) is 11.9 Å². The third-order valence-electron chi connectivity index (χ3n) is 3.49. The third kappa shape index (κ3) is 3.06. The van der Waals surface area contributed by atoms with Crippen LogP contribution < -0.4 is 10.5 Å². The van der Waals surface area contributed by atoms with Gasteiger partial charge in [0.2, 0.25) is 5.82 Å². The van der Waals surface area contributed by atoms with Crippen molar-refractivity contribution in [3.63, 3.8) is 0 Å². The van der Waals surface area contributed by atoms with Gasteiger partial charge < -0.3 is 19.7 Å². The van der Waals surface area contributed by atoms with Crippen molar-refractivity contribution in [2.24, 2.45) is 5.73 Å². The van der Waals surface area contributed by atoms with E-state index in [2.05, 4.69) is 10.1 Å². The lowest BCUT2D eigenvalue weighted by Crippen LogP contribution is -2.18. The minimum atomic E-state index is -0.144. The van der Waals surface area contributed by atoms with Gasteiger partial charge in [0, 0.05) is 12.1 Å². The Labute approximate surface area is 123 Å². The monoisotopic (exact) mass is 289 g/mol. The average molecular weight is 289 g/mol. The molecule has 0 saturated carbocycles. The highest BCUT2D eigenvalue weighted by atomic mass is 16.5. The molecule has 2 atom stereocenters.